The second-order valence-electron chi connectivity index (χ2n) is 7.61. The molecule has 0 saturated carbocycles. The van der Waals surface area contributed by atoms with Crippen molar-refractivity contribution in [2.45, 2.75) is 24.8 Å². The first kappa shape index (κ1) is 23.1. The minimum absolute atomic E-state index is 0.0832. The van der Waals surface area contributed by atoms with E-state index in [1.165, 1.54) is 15.9 Å². The number of piperidine rings is 1. The van der Waals surface area contributed by atoms with Crippen LogP contribution in [0.4, 0.5) is 5.82 Å². The van der Waals surface area contributed by atoms with Crippen LogP contribution in [0.1, 0.15) is 24.5 Å². The van der Waals surface area contributed by atoms with Gasteiger partial charge in [-0.25, -0.2) is 13.4 Å². The van der Waals surface area contributed by atoms with E-state index in [4.69, 9.17) is 15.5 Å². The molecule has 0 bridgehead atoms. The van der Waals surface area contributed by atoms with E-state index in [0.29, 0.717) is 34.5 Å². The van der Waals surface area contributed by atoms with Gasteiger partial charge in [0.05, 0.1) is 41.5 Å². The lowest BCUT2D eigenvalue weighted by Gasteiger charge is -2.36. The number of anilines is 1. The number of rotatable bonds is 4. The molecule has 11 nitrogen and oxygen atoms in total. The maximum atomic E-state index is 12.4. The van der Waals surface area contributed by atoms with E-state index in [-0.39, 0.29) is 12.5 Å². The molecule has 32 heavy (non-hydrogen) atoms. The molecule has 0 aliphatic carbocycles. The SMILES string of the molecule is COC(=O)C1CCC(c2nc3c(-c4cnn(C)c4Br)cnn3c(N)c2Br)CN1S(C)(=O)=O. The van der Waals surface area contributed by atoms with E-state index in [2.05, 4.69) is 42.1 Å². The van der Waals surface area contributed by atoms with Gasteiger partial charge < -0.3 is 10.5 Å². The fraction of sp³-hybridized carbons (Fsp3) is 0.444. The summed E-state index contributed by atoms with van der Waals surface area (Å²) in [6.07, 6.45) is 5.29. The Labute approximate surface area is 201 Å². The van der Waals surface area contributed by atoms with Crippen molar-refractivity contribution in [2.24, 2.45) is 7.05 Å². The van der Waals surface area contributed by atoms with Crippen LogP contribution in [0.2, 0.25) is 0 Å². The molecular formula is C18H21Br2N7O4S. The molecule has 1 aliphatic rings. The lowest BCUT2D eigenvalue weighted by molar-refractivity contribution is -0.146. The number of aromatic nitrogens is 5. The topological polar surface area (TPSA) is 138 Å². The summed E-state index contributed by atoms with van der Waals surface area (Å²) in [5, 5.41) is 8.61. The molecule has 0 amide bonds. The molecule has 1 saturated heterocycles. The first-order valence-corrected chi connectivity index (χ1v) is 13.0. The number of nitrogens with two attached hydrogens (primary N) is 1. The zero-order valence-corrected chi connectivity index (χ0v) is 21.5. The summed E-state index contributed by atoms with van der Waals surface area (Å²) < 4.78 is 35.4. The Hall–Kier alpha value is -2.03. The molecule has 3 aromatic rings. The first-order chi connectivity index (χ1) is 15.0. The van der Waals surface area contributed by atoms with E-state index >= 15 is 0 Å². The largest absolute Gasteiger partial charge is 0.468 e. The first-order valence-electron chi connectivity index (χ1n) is 9.59. The zero-order valence-electron chi connectivity index (χ0n) is 17.5. The third-order valence-electron chi connectivity index (χ3n) is 5.63. The van der Waals surface area contributed by atoms with Gasteiger partial charge in [0.2, 0.25) is 10.0 Å². The number of fused-ring (bicyclic) bond motifs is 1. The lowest BCUT2D eigenvalue weighted by atomic mass is 9.91. The van der Waals surface area contributed by atoms with Crippen LogP contribution in [0.5, 0.6) is 0 Å². The highest BCUT2D eigenvalue weighted by Gasteiger charge is 2.40. The number of sulfonamides is 1. The van der Waals surface area contributed by atoms with Crippen LogP contribution in [0.25, 0.3) is 16.8 Å². The van der Waals surface area contributed by atoms with E-state index in [1.54, 1.807) is 17.1 Å². The van der Waals surface area contributed by atoms with Crippen molar-refractivity contribution in [2.75, 3.05) is 25.6 Å². The molecule has 0 aromatic carbocycles. The monoisotopic (exact) mass is 589 g/mol. The molecule has 2 atom stereocenters. The molecule has 2 unspecified atom stereocenters. The van der Waals surface area contributed by atoms with Crippen LogP contribution in [-0.2, 0) is 26.6 Å². The van der Waals surface area contributed by atoms with Crippen molar-refractivity contribution in [3.63, 3.8) is 0 Å². The molecule has 2 N–H and O–H groups in total. The van der Waals surface area contributed by atoms with Crippen molar-refractivity contribution >= 4 is 59.3 Å². The number of nitrogen functional groups attached to an aromatic ring is 1. The number of nitrogens with zero attached hydrogens (tertiary/aromatic N) is 6. The van der Waals surface area contributed by atoms with Gasteiger partial charge in [0.25, 0.3) is 0 Å². The second kappa shape index (κ2) is 8.39. The number of esters is 1. The van der Waals surface area contributed by atoms with Gasteiger partial charge in [0.1, 0.15) is 16.5 Å². The molecule has 0 radical (unpaired) electrons. The smallest absolute Gasteiger partial charge is 0.324 e. The summed E-state index contributed by atoms with van der Waals surface area (Å²) in [7, 11) is -0.599. The van der Waals surface area contributed by atoms with E-state index < -0.39 is 22.0 Å². The van der Waals surface area contributed by atoms with E-state index in [1.807, 2.05) is 7.05 Å². The fourth-order valence-corrected chi connectivity index (χ4v) is 6.07. The second-order valence-corrected chi connectivity index (χ2v) is 11.1. The number of halogens is 2. The Kier molecular flexibility index (Phi) is 6.07. The number of hydrogen-bond acceptors (Lipinski definition) is 8. The summed E-state index contributed by atoms with van der Waals surface area (Å²) in [4.78, 5) is 17.0. The highest BCUT2D eigenvalue weighted by molar-refractivity contribution is 9.11. The van der Waals surface area contributed by atoms with Gasteiger partial charge in [0, 0.05) is 25.1 Å². The standard InChI is InChI=1S/C18H21Br2N7O4S/c1-25-15(20)10(6-22-25)11-7-23-27-16(21)13(19)14(24-17(11)27)9-4-5-12(18(28)31-2)26(8-9)32(3,29)30/h6-7,9,12H,4-5,8,21H2,1-3H3. The molecule has 4 heterocycles. The predicted molar refractivity (Wildman–Crippen MR) is 124 cm³/mol. The van der Waals surface area contributed by atoms with Gasteiger partial charge in [-0.3, -0.25) is 9.48 Å². The van der Waals surface area contributed by atoms with Crippen LogP contribution >= 0.6 is 31.9 Å². The van der Waals surface area contributed by atoms with Gasteiger partial charge in [-0.15, -0.1) is 0 Å². The summed E-state index contributed by atoms with van der Waals surface area (Å²) in [5.41, 5.74) is 9.01. The number of carbonyl (C=O) groups is 1. The normalized spacial score (nSPS) is 20.0. The van der Waals surface area contributed by atoms with Crippen molar-refractivity contribution in [3.05, 3.63) is 27.2 Å². The van der Waals surface area contributed by atoms with Gasteiger partial charge in [-0.2, -0.15) is 19.0 Å². The highest BCUT2D eigenvalue weighted by Crippen LogP contribution is 2.39. The van der Waals surface area contributed by atoms with E-state index in [9.17, 15) is 13.2 Å². The van der Waals surface area contributed by atoms with Crippen molar-refractivity contribution in [1.29, 1.82) is 0 Å². The molecule has 4 rings (SSSR count). The van der Waals surface area contributed by atoms with Gasteiger partial charge >= 0.3 is 5.97 Å². The number of methoxy groups -OCH3 is 1. The number of carbonyl (C=O) groups excluding carboxylic acids is 1. The van der Waals surface area contributed by atoms with Crippen molar-refractivity contribution in [1.82, 2.24) is 28.7 Å². The van der Waals surface area contributed by atoms with Crippen LogP contribution in [0.15, 0.2) is 21.5 Å². The maximum absolute atomic E-state index is 12.4. The van der Waals surface area contributed by atoms with Gasteiger partial charge in [-0.05, 0) is 44.7 Å². The van der Waals surface area contributed by atoms with Crippen LogP contribution in [0.3, 0.4) is 0 Å². The van der Waals surface area contributed by atoms with Crippen molar-refractivity contribution in [3.8, 4) is 11.1 Å². The predicted octanol–water partition coefficient (Wildman–Crippen LogP) is 1.92. The van der Waals surface area contributed by atoms with Gasteiger partial charge in [0.15, 0.2) is 5.65 Å². The maximum Gasteiger partial charge on any atom is 0.324 e. The number of hydrogen-bond donors (Lipinski definition) is 1. The number of aryl methyl sites for hydroxylation is 1. The average Bonchev–Trinajstić information content (AvgIpc) is 3.32. The minimum Gasteiger partial charge on any atom is -0.468 e. The Morgan fingerprint density at radius 1 is 1.22 bits per heavy atom. The molecule has 0 spiro atoms. The Morgan fingerprint density at radius 3 is 2.50 bits per heavy atom. The molecule has 172 valence electrons. The van der Waals surface area contributed by atoms with Gasteiger partial charge in [-0.1, -0.05) is 0 Å². The molecule has 1 fully saturated rings. The highest BCUT2D eigenvalue weighted by atomic mass is 79.9. The molecule has 1 aliphatic heterocycles. The van der Waals surface area contributed by atoms with E-state index in [0.717, 1.165) is 22.0 Å². The zero-order chi connectivity index (χ0) is 23.4. The Bertz CT molecular complexity index is 1320. The Morgan fingerprint density at radius 2 is 1.91 bits per heavy atom. The van der Waals surface area contributed by atoms with Crippen LogP contribution < -0.4 is 5.73 Å². The third kappa shape index (κ3) is 3.82. The molecule has 3 aromatic heterocycles. The van der Waals surface area contributed by atoms with Crippen LogP contribution in [-0.4, -0.2) is 69.0 Å². The quantitative estimate of drug-likeness (QED) is 0.455. The minimum atomic E-state index is -3.66. The van der Waals surface area contributed by atoms with Crippen LogP contribution in [0, 0.1) is 0 Å². The third-order valence-corrected chi connectivity index (χ3v) is 8.64. The number of ether oxygens (including phenoxy) is 1. The van der Waals surface area contributed by atoms with Crippen molar-refractivity contribution < 1.29 is 17.9 Å². The summed E-state index contributed by atoms with van der Waals surface area (Å²) in [6, 6.07) is -0.858. The molecule has 14 heteroatoms. The fourth-order valence-electron chi connectivity index (χ4n) is 3.98. The summed E-state index contributed by atoms with van der Waals surface area (Å²) >= 11 is 7.04. The average molecular weight is 591 g/mol. The summed E-state index contributed by atoms with van der Waals surface area (Å²) in [6.45, 7) is 0.0832. The summed E-state index contributed by atoms with van der Waals surface area (Å²) in [5.74, 6) is -0.514. The lowest BCUT2D eigenvalue weighted by Crippen LogP contribution is -2.50. The Balaban J connectivity index is 1.81. The molecular weight excluding hydrogens is 570 g/mol.